The lowest BCUT2D eigenvalue weighted by atomic mass is 10.0. The molecular weight excluding hydrogens is 294 g/mol. The molecule has 3 aromatic carbocycles. The smallest absolute Gasteiger partial charge is 0.248 e. The van der Waals surface area contributed by atoms with Crippen molar-refractivity contribution in [3.05, 3.63) is 83.9 Å². The van der Waals surface area contributed by atoms with Gasteiger partial charge in [-0.1, -0.05) is 74.5 Å². The van der Waals surface area contributed by atoms with Crippen LogP contribution >= 0.6 is 0 Å². The molecule has 1 N–H and O–H groups in total. The number of rotatable bonds is 4. The molecule has 0 radical (unpaired) electrons. The van der Waals surface area contributed by atoms with E-state index in [9.17, 15) is 4.79 Å². The summed E-state index contributed by atoms with van der Waals surface area (Å²) in [6.07, 6.45) is 3.41. The zero-order chi connectivity index (χ0) is 16.9. The SMILES string of the molecule is CC(C)c1ccc(C=CC(=O)Nc2cccc3ccccc23)cc1. The molecule has 2 heteroatoms. The largest absolute Gasteiger partial charge is 0.322 e. The fourth-order valence-corrected chi connectivity index (χ4v) is 2.67. The van der Waals surface area contributed by atoms with E-state index in [0.717, 1.165) is 22.0 Å². The lowest BCUT2D eigenvalue weighted by molar-refractivity contribution is -0.111. The molecule has 0 unspecified atom stereocenters. The Balaban J connectivity index is 1.73. The fraction of sp³-hybridized carbons (Fsp3) is 0.136. The minimum Gasteiger partial charge on any atom is -0.322 e. The van der Waals surface area contributed by atoms with Gasteiger partial charge < -0.3 is 5.32 Å². The number of fused-ring (bicyclic) bond motifs is 1. The van der Waals surface area contributed by atoms with Crippen LogP contribution in [0.5, 0.6) is 0 Å². The summed E-state index contributed by atoms with van der Waals surface area (Å²) in [4.78, 5) is 12.2. The molecule has 0 aliphatic rings. The van der Waals surface area contributed by atoms with Crippen molar-refractivity contribution in [1.82, 2.24) is 0 Å². The van der Waals surface area contributed by atoms with Crippen LogP contribution in [0.25, 0.3) is 16.8 Å². The highest BCUT2D eigenvalue weighted by molar-refractivity contribution is 6.07. The maximum absolute atomic E-state index is 12.2. The van der Waals surface area contributed by atoms with E-state index in [-0.39, 0.29) is 5.91 Å². The molecule has 0 aromatic heterocycles. The van der Waals surface area contributed by atoms with E-state index in [1.54, 1.807) is 6.08 Å². The van der Waals surface area contributed by atoms with Crippen molar-refractivity contribution in [2.24, 2.45) is 0 Å². The first-order valence-electron chi connectivity index (χ1n) is 8.20. The van der Waals surface area contributed by atoms with E-state index < -0.39 is 0 Å². The van der Waals surface area contributed by atoms with E-state index >= 15 is 0 Å². The fourth-order valence-electron chi connectivity index (χ4n) is 2.67. The van der Waals surface area contributed by atoms with Gasteiger partial charge in [0.2, 0.25) is 5.91 Å². The number of carbonyl (C=O) groups excluding carboxylic acids is 1. The molecule has 24 heavy (non-hydrogen) atoms. The quantitative estimate of drug-likeness (QED) is 0.622. The zero-order valence-corrected chi connectivity index (χ0v) is 14.0. The maximum atomic E-state index is 12.2. The van der Waals surface area contributed by atoms with Crippen LogP contribution in [-0.4, -0.2) is 5.91 Å². The van der Waals surface area contributed by atoms with Gasteiger partial charge in [-0.15, -0.1) is 0 Å². The Kier molecular flexibility index (Phi) is 4.76. The molecule has 0 spiro atoms. The van der Waals surface area contributed by atoms with Gasteiger partial charge in [-0.25, -0.2) is 0 Å². The third-order valence-corrected chi connectivity index (χ3v) is 4.08. The van der Waals surface area contributed by atoms with Gasteiger partial charge in [-0.2, -0.15) is 0 Å². The van der Waals surface area contributed by atoms with Gasteiger partial charge >= 0.3 is 0 Å². The molecule has 0 aliphatic carbocycles. The number of carbonyl (C=O) groups is 1. The van der Waals surface area contributed by atoms with Gasteiger partial charge in [0.15, 0.2) is 0 Å². The standard InChI is InChI=1S/C22H21NO/c1-16(2)18-13-10-17(11-14-18)12-15-22(24)23-21-9-5-7-19-6-3-4-8-20(19)21/h3-16H,1-2H3,(H,23,24). The second-order valence-corrected chi connectivity index (χ2v) is 6.17. The molecule has 0 saturated carbocycles. The van der Waals surface area contributed by atoms with Crippen molar-refractivity contribution in [1.29, 1.82) is 0 Å². The average molecular weight is 315 g/mol. The highest BCUT2D eigenvalue weighted by Crippen LogP contribution is 2.23. The van der Waals surface area contributed by atoms with Crippen LogP contribution in [0.3, 0.4) is 0 Å². The summed E-state index contributed by atoms with van der Waals surface area (Å²) >= 11 is 0. The summed E-state index contributed by atoms with van der Waals surface area (Å²) < 4.78 is 0. The molecule has 3 rings (SSSR count). The van der Waals surface area contributed by atoms with Crippen LogP contribution in [0.4, 0.5) is 5.69 Å². The van der Waals surface area contributed by atoms with Crippen LogP contribution in [0.2, 0.25) is 0 Å². The van der Waals surface area contributed by atoms with Gasteiger partial charge in [0, 0.05) is 17.1 Å². The first-order chi connectivity index (χ1) is 11.6. The van der Waals surface area contributed by atoms with E-state index in [2.05, 4.69) is 31.3 Å². The van der Waals surface area contributed by atoms with E-state index in [4.69, 9.17) is 0 Å². The molecular formula is C22H21NO. The number of benzene rings is 3. The van der Waals surface area contributed by atoms with Gasteiger partial charge in [-0.05, 0) is 34.6 Å². The highest BCUT2D eigenvalue weighted by atomic mass is 16.1. The maximum Gasteiger partial charge on any atom is 0.248 e. The summed E-state index contributed by atoms with van der Waals surface area (Å²) in [5, 5.41) is 5.12. The topological polar surface area (TPSA) is 29.1 Å². The van der Waals surface area contributed by atoms with Gasteiger partial charge in [0.25, 0.3) is 0 Å². The van der Waals surface area contributed by atoms with Gasteiger partial charge in [0.05, 0.1) is 0 Å². The molecule has 0 atom stereocenters. The molecule has 120 valence electrons. The van der Waals surface area contributed by atoms with Crippen LogP contribution in [0, 0.1) is 0 Å². The first kappa shape index (κ1) is 16.0. The van der Waals surface area contributed by atoms with E-state index in [1.165, 1.54) is 5.56 Å². The minimum absolute atomic E-state index is 0.126. The molecule has 3 aromatic rings. The highest BCUT2D eigenvalue weighted by Gasteiger charge is 2.03. The Morgan fingerprint density at radius 1 is 0.917 bits per heavy atom. The predicted octanol–water partition coefficient (Wildman–Crippen LogP) is 5.62. The second-order valence-electron chi connectivity index (χ2n) is 6.17. The van der Waals surface area contributed by atoms with Gasteiger partial charge in [-0.3, -0.25) is 4.79 Å². The number of anilines is 1. The number of nitrogens with one attached hydrogen (secondary N) is 1. The Bertz CT molecular complexity index is 871. The lowest BCUT2D eigenvalue weighted by Gasteiger charge is -2.07. The van der Waals surface area contributed by atoms with Crippen LogP contribution in [0.15, 0.2) is 72.8 Å². The molecule has 2 nitrogen and oxygen atoms in total. The molecule has 0 bridgehead atoms. The number of hydrogen-bond acceptors (Lipinski definition) is 1. The predicted molar refractivity (Wildman–Crippen MR) is 102 cm³/mol. The van der Waals surface area contributed by atoms with Crippen molar-refractivity contribution in [3.8, 4) is 0 Å². The summed E-state index contributed by atoms with van der Waals surface area (Å²) in [5.74, 6) is 0.386. The number of hydrogen-bond donors (Lipinski definition) is 1. The van der Waals surface area contributed by atoms with Crippen molar-refractivity contribution in [2.45, 2.75) is 19.8 Å². The van der Waals surface area contributed by atoms with Crippen molar-refractivity contribution >= 4 is 28.4 Å². The first-order valence-corrected chi connectivity index (χ1v) is 8.20. The normalized spacial score (nSPS) is 11.3. The molecule has 0 fully saturated rings. The lowest BCUT2D eigenvalue weighted by Crippen LogP contribution is -2.07. The Morgan fingerprint density at radius 3 is 2.38 bits per heavy atom. The van der Waals surface area contributed by atoms with Crippen LogP contribution in [-0.2, 0) is 4.79 Å². The molecule has 1 amide bonds. The number of amides is 1. The van der Waals surface area contributed by atoms with Crippen LogP contribution in [0.1, 0.15) is 30.9 Å². The monoisotopic (exact) mass is 315 g/mol. The van der Waals surface area contributed by atoms with Crippen molar-refractivity contribution < 1.29 is 4.79 Å². The molecule has 0 aliphatic heterocycles. The molecule has 0 saturated heterocycles. The van der Waals surface area contributed by atoms with E-state index in [0.29, 0.717) is 5.92 Å². The summed E-state index contributed by atoms with van der Waals surface area (Å²) in [6.45, 7) is 4.34. The second kappa shape index (κ2) is 7.14. The van der Waals surface area contributed by atoms with Crippen LogP contribution < -0.4 is 5.32 Å². The third-order valence-electron chi connectivity index (χ3n) is 4.08. The third kappa shape index (κ3) is 3.72. The minimum atomic E-state index is -0.126. The van der Waals surface area contributed by atoms with Crippen molar-refractivity contribution in [3.63, 3.8) is 0 Å². The summed E-state index contributed by atoms with van der Waals surface area (Å²) in [7, 11) is 0. The van der Waals surface area contributed by atoms with Crippen molar-refractivity contribution in [2.75, 3.05) is 5.32 Å². The Hall–Kier alpha value is -2.87. The van der Waals surface area contributed by atoms with E-state index in [1.807, 2.05) is 60.7 Å². The Labute approximate surface area is 142 Å². The average Bonchev–Trinajstić information content (AvgIpc) is 2.61. The summed E-state index contributed by atoms with van der Waals surface area (Å²) in [6, 6.07) is 22.2. The van der Waals surface area contributed by atoms with Gasteiger partial charge in [0.1, 0.15) is 0 Å². The zero-order valence-electron chi connectivity index (χ0n) is 14.0. The molecule has 0 heterocycles. The Morgan fingerprint density at radius 2 is 1.62 bits per heavy atom. The summed E-state index contributed by atoms with van der Waals surface area (Å²) in [5.41, 5.74) is 3.15.